The molecule has 1 atom stereocenters. The third kappa shape index (κ3) is 4.74. The zero-order valence-electron chi connectivity index (χ0n) is 13.9. The molecular formula is C19H23NO3. The summed E-state index contributed by atoms with van der Waals surface area (Å²) in [4.78, 5) is 14.3. The second-order valence-corrected chi connectivity index (χ2v) is 5.37. The predicted molar refractivity (Wildman–Crippen MR) is 90.6 cm³/mol. The van der Waals surface area contributed by atoms with Crippen LogP contribution in [0.4, 0.5) is 0 Å². The van der Waals surface area contributed by atoms with Gasteiger partial charge in [-0.2, -0.15) is 0 Å². The number of carbonyl (C=O) groups is 1. The van der Waals surface area contributed by atoms with E-state index in [1.807, 2.05) is 61.5 Å². The summed E-state index contributed by atoms with van der Waals surface area (Å²) in [6.07, 6.45) is 0.126. The van der Waals surface area contributed by atoms with Gasteiger partial charge in [0, 0.05) is 13.6 Å². The molecule has 0 aromatic heterocycles. The molecular weight excluding hydrogens is 290 g/mol. The molecule has 4 nitrogen and oxygen atoms in total. The number of methoxy groups -OCH3 is 1. The summed E-state index contributed by atoms with van der Waals surface area (Å²) in [6, 6.07) is 17.2. The molecule has 0 fully saturated rings. The highest BCUT2D eigenvalue weighted by Gasteiger charge is 2.22. The van der Waals surface area contributed by atoms with E-state index in [0.29, 0.717) is 18.7 Å². The molecule has 0 unspecified atom stereocenters. The summed E-state index contributed by atoms with van der Waals surface area (Å²) >= 11 is 0. The maximum absolute atomic E-state index is 12.6. The third-order valence-corrected chi connectivity index (χ3v) is 3.62. The first-order valence-electron chi connectivity index (χ1n) is 7.73. The first-order chi connectivity index (χ1) is 11.1. The molecule has 0 bridgehead atoms. The van der Waals surface area contributed by atoms with Gasteiger partial charge in [0.2, 0.25) is 0 Å². The first-order valence-corrected chi connectivity index (χ1v) is 7.73. The number of nitrogens with zero attached hydrogens (tertiary/aromatic N) is 1. The van der Waals surface area contributed by atoms with Crippen molar-refractivity contribution in [1.82, 2.24) is 4.90 Å². The number of carbonyl (C=O) groups excluding carboxylic acids is 1. The summed E-state index contributed by atoms with van der Waals surface area (Å²) in [7, 11) is 3.42. The minimum Gasteiger partial charge on any atom is -0.497 e. The number of hydrogen-bond acceptors (Lipinski definition) is 3. The lowest BCUT2D eigenvalue weighted by atomic mass is 10.2. The van der Waals surface area contributed by atoms with E-state index >= 15 is 0 Å². The molecule has 4 heteroatoms. The van der Waals surface area contributed by atoms with Crippen molar-refractivity contribution in [3.8, 4) is 11.5 Å². The Morgan fingerprint density at radius 3 is 2.22 bits per heavy atom. The van der Waals surface area contributed by atoms with Gasteiger partial charge in [-0.15, -0.1) is 0 Å². The average molecular weight is 313 g/mol. The van der Waals surface area contributed by atoms with E-state index in [1.165, 1.54) is 0 Å². The van der Waals surface area contributed by atoms with Gasteiger partial charge in [-0.3, -0.25) is 4.79 Å². The van der Waals surface area contributed by atoms with Crippen LogP contribution >= 0.6 is 0 Å². The molecule has 0 aliphatic heterocycles. The minimum atomic E-state index is -0.489. The standard InChI is InChI=1S/C19H23NO3/c1-4-18(23-17-12-10-16(22-3)11-13-17)19(21)20(2)14-15-8-6-5-7-9-15/h5-13,18H,4,14H2,1-3H3/t18-/m0/s1. The zero-order valence-corrected chi connectivity index (χ0v) is 13.9. The molecule has 2 aromatic carbocycles. The summed E-state index contributed by atoms with van der Waals surface area (Å²) in [5.74, 6) is 1.41. The van der Waals surface area contributed by atoms with E-state index < -0.39 is 6.10 Å². The number of likely N-dealkylation sites (N-methyl/N-ethyl adjacent to an activating group) is 1. The summed E-state index contributed by atoms with van der Waals surface area (Å²) < 4.78 is 11.0. The second-order valence-electron chi connectivity index (χ2n) is 5.37. The van der Waals surface area contributed by atoms with Crippen molar-refractivity contribution in [2.75, 3.05) is 14.2 Å². The van der Waals surface area contributed by atoms with E-state index in [9.17, 15) is 4.79 Å². The van der Waals surface area contributed by atoms with Crippen LogP contribution in [0.1, 0.15) is 18.9 Å². The normalized spacial score (nSPS) is 11.6. The molecule has 0 saturated carbocycles. The van der Waals surface area contributed by atoms with Gasteiger partial charge < -0.3 is 14.4 Å². The number of benzene rings is 2. The Kier molecular flexibility index (Phi) is 6.03. The van der Waals surface area contributed by atoms with Crippen molar-refractivity contribution in [3.63, 3.8) is 0 Å². The van der Waals surface area contributed by atoms with Crippen molar-refractivity contribution >= 4 is 5.91 Å². The maximum atomic E-state index is 12.6. The smallest absolute Gasteiger partial charge is 0.263 e. The van der Waals surface area contributed by atoms with Crippen LogP contribution in [-0.2, 0) is 11.3 Å². The van der Waals surface area contributed by atoms with Crippen LogP contribution in [0.5, 0.6) is 11.5 Å². The van der Waals surface area contributed by atoms with Crippen LogP contribution in [0.3, 0.4) is 0 Å². The van der Waals surface area contributed by atoms with Gasteiger partial charge >= 0.3 is 0 Å². The Bertz CT molecular complexity index is 610. The van der Waals surface area contributed by atoms with Gasteiger partial charge in [0.1, 0.15) is 11.5 Å². The van der Waals surface area contributed by atoms with Gasteiger partial charge in [0.25, 0.3) is 5.91 Å². The Morgan fingerprint density at radius 1 is 1.04 bits per heavy atom. The molecule has 0 N–H and O–H groups in total. The summed E-state index contributed by atoms with van der Waals surface area (Å²) in [5, 5.41) is 0. The zero-order chi connectivity index (χ0) is 16.7. The number of amides is 1. The third-order valence-electron chi connectivity index (χ3n) is 3.62. The Balaban J connectivity index is 1.99. The lowest BCUT2D eigenvalue weighted by Crippen LogP contribution is -2.39. The number of hydrogen-bond donors (Lipinski definition) is 0. The Hall–Kier alpha value is -2.49. The summed E-state index contributed by atoms with van der Waals surface area (Å²) in [5.41, 5.74) is 1.10. The molecule has 1 amide bonds. The van der Waals surface area contributed by atoms with Crippen molar-refractivity contribution < 1.29 is 14.3 Å². The fraction of sp³-hybridized carbons (Fsp3) is 0.316. The van der Waals surface area contributed by atoms with Crippen molar-refractivity contribution in [1.29, 1.82) is 0 Å². The van der Waals surface area contributed by atoms with E-state index in [4.69, 9.17) is 9.47 Å². The molecule has 0 spiro atoms. The van der Waals surface area contributed by atoms with Crippen molar-refractivity contribution in [3.05, 3.63) is 60.2 Å². The van der Waals surface area contributed by atoms with E-state index in [-0.39, 0.29) is 5.91 Å². The van der Waals surface area contributed by atoms with Gasteiger partial charge in [-0.05, 0) is 36.2 Å². The molecule has 0 aliphatic rings. The largest absolute Gasteiger partial charge is 0.497 e. The first kappa shape index (κ1) is 16.9. The van der Waals surface area contributed by atoms with Crippen LogP contribution in [0.15, 0.2) is 54.6 Å². The average Bonchev–Trinajstić information content (AvgIpc) is 2.60. The monoisotopic (exact) mass is 313 g/mol. The number of rotatable bonds is 7. The van der Waals surface area contributed by atoms with Gasteiger partial charge in [-0.25, -0.2) is 0 Å². The summed E-state index contributed by atoms with van der Waals surface area (Å²) in [6.45, 7) is 2.52. The van der Waals surface area contributed by atoms with E-state index in [2.05, 4.69) is 0 Å². The molecule has 122 valence electrons. The lowest BCUT2D eigenvalue weighted by molar-refractivity contribution is -0.138. The van der Waals surface area contributed by atoms with Crippen LogP contribution in [-0.4, -0.2) is 31.1 Å². The van der Waals surface area contributed by atoms with Crippen LogP contribution < -0.4 is 9.47 Å². The lowest BCUT2D eigenvalue weighted by Gasteiger charge is -2.24. The van der Waals surface area contributed by atoms with Gasteiger partial charge in [-0.1, -0.05) is 37.3 Å². The predicted octanol–water partition coefficient (Wildman–Crippen LogP) is 3.51. The van der Waals surface area contributed by atoms with Crippen LogP contribution in [0, 0.1) is 0 Å². The highest BCUT2D eigenvalue weighted by atomic mass is 16.5. The Morgan fingerprint density at radius 2 is 1.65 bits per heavy atom. The van der Waals surface area contributed by atoms with Crippen LogP contribution in [0.2, 0.25) is 0 Å². The molecule has 0 radical (unpaired) electrons. The number of ether oxygens (including phenoxy) is 2. The molecule has 23 heavy (non-hydrogen) atoms. The van der Waals surface area contributed by atoms with Crippen molar-refractivity contribution in [2.45, 2.75) is 26.0 Å². The van der Waals surface area contributed by atoms with Crippen molar-refractivity contribution in [2.24, 2.45) is 0 Å². The quantitative estimate of drug-likeness (QED) is 0.785. The molecule has 0 aliphatic carbocycles. The molecule has 2 aromatic rings. The topological polar surface area (TPSA) is 38.8 Å². The molecule has 0 saturated heterocycles. The fourth-order valence-corrected chi connectivity index (χ4v) is 2.31. The molecule has 0 heterocycles. The highest BCUT2D eigenvalue weighted by Crippen LogP contribution is 2.19. The fourth-order valence-electron chi connectivity index (χ4n) is 2.31. The molecule has 2 rings (SSSR count). The SMILES string of the molecule is CC[C@H](Oc1ccc(OC)cc1)C(=O)N(C)Cc1ccccc1. The Labute approximate surface area is 137 Å². The van der Waals surface area contributed by atoms with E-state index in [1.54, 1.807) is 19.1 Å². The highest BCUT2D eigenvalue weighted by molar-refractivity contribution is 5.81. The maximum Gasteiger partial charge on any atom is 0.263 e. The van der Waals surface area contributed by atoms with Crippen LogP contribution in [0.25, 0.3) is 0 Å². The second kappa shape index (κ2) is 8.22. The minimum absolute atomic E-state index is 0.0211. The van der Waals surface area contributed by atoms with E-state index in [0.717, 1.165) is 11.3 Å². The van der Waals surface area contributed by atoms with Gasteiger partial charge in [0.05, 0.1) is 7.11 Å². The van der Waals surface area contributed by atoms with Gasteiger partial charge in [0.15, 0.2) is 6.10 Å².